The van der Waals surface area contributed by atoms with Crippen molar-refractivity contribution >= 4 is 236 Å². The number of nitrogens with two attached hydrogens (primary N) is 1. The predicted molar refractivity (Wildman–Crippen MR) is 585 cm³/mol. The van der Waals surface area contributed by atoms with Crippen LogP contribution < -0.4 is 45.9 Å². The Morgan fingerprint density at radius 3 is 0.908 bits per heavy atom. The Hall–Kier alpha value is -7.50. The van der Waals surface area contributed by atoms with E-state index in [1.807, 2.05) is 183 Å². The van der Waals surface area contributed by atoms with E-state index < -0.39 is 23.7 Å². The first-order chi connectivity index (χ1) is 66.0. The number of alkyl halides is 1. The molecule has 4 unspecified atom stereocenters. The summed E-state index contributed by atoms with van der Waals surface area (Å²) in [4.78, 5) is 125. The summed E-state index contributed by atoms with van der Waals surface area (Å²) in [6, 6.07) is 50.5. The molecule has 1 heterocycles. The summed E-state index contributed by atoms with van der Waals surface area (Å²) < 4.78 is 33.7. The van der Waals surface area contributed by atoms with Gasteiger partial charge >= 0.3 is 63.2 Å². The second-order valence-electron chi connectivity index (χ2n) is 35.4. The molecule has 0 bridgehead atoms. The van der Waals surface area contributed by atoms with Gasteiger partial charge in [-0.15, -0.1) is 12.4 Å². The molecule has 9 rings (SSSR count). The summed E-state index contributed by atoms with van der Waals surface area (Å²) in [5.74, 6) is 0.516. The summed E-state index contributed by atoms with van der Waals surface area (Å²) in [5, 5.41) is 19.3. The van der Waals surface area contributed by atoms with Crippen LogP contribution >= 0.6 is 90.7 Å². The van der Waals surface area contributed by atoms with E-state index in [9.17, 15) is 43.2 Å². The third kappa shape index (κ3) is 49.5. The van der Waals surface area contributed by atoms with Crippen LogP contribution in [0.25, 0.3) is 11.3 Å². The fraction of sp³-hybridized carbons (Fsp3) is 0.394. The Balaban J connectivity index is 0.000000889. The molecule has 1 aliphatic heterocycles. The van der Waals surface area contributed by atoms with Crippen molar-refractivity contribution in [2.24, 2.45) is 45.2 Å². The number of aliphatic imine (C=N–C) groups is 1. The van der Waals surface area contributed by atoms with Gasteiger partial charge in [0.25, 0.3) is 0 Å². The molecule has 141 heavy (non-hydrogen) atoms. The molecule has 0 spiro atoms. The van der Waals surface area contributed by atoms with Crippen LogP contribution in [0.1, 0.15) is 235 Å². The van der Waals surface area contributed by atoms with Crippen LogP contribution in [0.4, 0.5) is 0 Å². The standard InChI is InChI=1S/C29H35ClN2O3.C25H30ClNO4.C23H25BrClNO4.C21H23BrClNO3.C5H12N2.C5H10O.CH2O.ClH.2K/c1-18(2)35-26-12-11-21(14-24(26)30)25(33)15-22(28(34)31-6)13-19-7-9-20(10-8-19)23-16-27(32-17-23)29(3,4)5;1-6-30-17(4)19-9-7-18(8-10-19)13-21(25(29)27-5)15-23(28)20-11-12-24(22(26)14-20)31-16(2)3;1-14(2)30-22-9-8-17(11-19(22)25)20(27)12-18(23(29)26-3)10-15-4-6-16(7-5-15)21(28)13-24;1-13(2)27-20-9-6-15(11-18(20)23)19(25)12-16(21(26)24-3)10-14-4-7-17(22)8-5-14;1-5(2,3)4(6)7;1-4-6-5(2)3;1-2;;;/h7-12,14,17-18,22H,13,15-16H2,1-6H3,(H,31,34);7-12,14,16,21H,4,6,13,15H2,1-3,5H3,(H,27,29);4-9,11,14,18H,10,12-13H2,1-3H3,(H,26,29);4-9,11,13,16H,10,12H2,1-3H3,(H,24,26);1-3H3,(H3,6,7);2,4H2,1,3H3;1H2;1H;;. The van der Waals surface area contributed by atoms with E-state index in [2.05, 4.69) is 104 Å². The Labute approximate surface area is 923 Å². The van der Waals surface area contributed by atoms with Crippen molar-refractivity contribution in [1.29, 1.82) is 5.41 Å². The second-order valence-corrected chi connectivity index (χ2v) is 38.5. The molecular weight excluding hydrogens is 2080 g/mol. The van der Waals surface area contributed by atoms with Crippen LogP contribution in [0.3, 0.4) is 0 Å². The summed E-state index contributed by atoms with van der Waals surface area (Å²) in [6.07, 6.45) is 4.83. The zero-order chi connectivity index (χ0) is 106. The summed E-state index contributed by atoms with van der Waals surface area (Å²) in [6.45, 7) is 43.9. The molecule has 0 aromatic heterocycles. The van der Waals surface area contributed by atoms with Crippen molar-refractivity contribution < 1.29 is 76.4 Å². The number of Topliss-reactive ketones (excluding diaryl/α,β-unsaturated/α-hetero) is 5. The molecule has 0 saturated heterocycles. The number of amidine groups is 1. The van der Waals surface area contributed by atoms with Crippen molar-refractivity contribution in [3.8, 4) is 23.0 Å². The average molecular weight is 2220 g/mol. The van der Waals surface area contributed by atoms with Gasteiger partial charge < -0.3 is 60.2 Å². The fourth-order valence-electron chi connectivity index (χ4n) is 13.2. The molecule has 7 N–H and O–H groups in total. The van der Waals surface area contributed by atoms with E-state index in [1.54, 1.807) is 113 Å². The monoisotopic (exact) mass is 2210 g/mol. The van der Waals surface area contributed by atoms with Gasteiger partial charge in [0.15, 0.2) is 28.9 Å². The Morgan fingerprint density at radius 1 is 0.440 bits per heavy atom. The van der Waals surface area contributed by atoms with Gasteiger partial charge in [0.05, 0.1) is 74.6 Å². The summed E-state index contributed by atoms with van der Waals surface area (Å²) in [7, 11) is 6.30. The molecule has 1 aliphatic rings. The van der Waals surface area contributed by atoms with Crippen LogP contribution in [0.15, 0.2) is 204 Å². The maximum absolute atomic E-state index is 13.0. The van der Waals surface area contributed by atoms with E-state index in [0.717, 1.165) is 56.6 Å². The van der Waals surface area contributed by atoms with Gasteiger partial charge in [-0.05, 0) is 220 Å². The number of nitrogens with one attached hydrogen (secondary N) is 5. The molecule has 8 aromatic carbocycles. The number of hydrogen-bond donors (Lipinski definition) is 6. The zero-order valence-electron chi connectivity index (χ0n) is 85.7. The van der Waals surface area contributed by atoms with Gasteiger partial charge in [-0.3, -0.25) is 53.6 Å². The van der Waals surface area contributed by atoms with Crippen molar-refractivity contribution in [3.05, 3.63) is 281 Å². The average Bonchev–Trinajstić information content (AvgIpc) is 1.71. The number of rotatable bonds is 40. The molecule has 756 valence electrons. The zero-order valence-corrected chi connectivity index (χ0v) is 99.0. The first kappa shape index (κ1) is 132. The number of ether oxygens (including phenoxy) is 6. The number of benzene rings is 8. The molecule has 8 aromatic rings. The Bertz CT molecular complexity index is 5460. The molecule has 0 radical (unpaired) electrons. The third-order valence-corrected chi connectivity index (χ3v) is 22.8. The van der Waals surface area contributed by atoms with E-state index in [4.69, 9.17) is 90.8 Å². The van der Waals surface area contributed by atoms with Crippen LogP contribution in [-0.4, -0.2) is 205 Å². The topological polar surface area (TPSA) is 336 Å². The fourth-order valence-corrected chi connectivity index (χ4v) is 14.7. The van der Waals surface area contributed by atoms with Gasteiger partial charge in [0, 0.05) is 145 Å². The normalized spacial score (nSPS) is 11.9. The van der Waals surface area contributed by atoms with E-state index in [0.29, 0.717) is 109 Å². The number of halogens is 7. The Morgan fingerprint density at radius 2 is 0.695 bits per heavy atom. The maximum atomic E-state index is 13.0. The summed E-state index contributed by atoms with van der Waals surface area (Å²) in [5.41, 5.74) is 15.7. The second kappa shape index (κ2) is 68.8. The minimum atomic E-state index is -0.536. The van der Waals surface area contributed by atoms with Crippen molar-refractivity contribution in [2.75, 3.05) is 46.7 Å². The van der Waals surface area contributed by atoms with Crippen molar-refractivity contribution in [2.45, 2.75) is 200 Å². The molecule has 23 nitrogen and oxygen atoms in total. The molecular formula is C109H138Br2Cl5K2N7O16. The van der Waals surface area contributed by atoms with Gasteiger partial charge in [-0.25, -0.2) is 0 Å². The van der Waals surface area contributed by atoms with Crippen LogP contribution in [-0.2, 0) is 59.1 Å². The first-order valence-corrected chi connectivity index (χ1v) is 65.9. The molecule has 32 heteroatoms. The molecule has 0 aliphatic carbocycles. The third-order valence-electron chi connectivity index (χ3n) is 20.6. The van der Waals surface area contributed by atoms with Crippen molar-refractivity contribution in [3.63, 3.8) is 0 Å². The van der Waals surface area contributed by atoms with Gasteiger partial charge in [-0.1, -0.05) is 218 Å². The molecule has 0 fully saturated rings. The van der Waals surface area contributed by atoms with Crippen molar-refractivity contribution in [1.82, 2.24) is 21.3 Å². The van der Waals surface area contributed by atoms with Gasteiger partial charge in [0.2, 0.25) is 23.6 Å². The number of carbonyl (C=O) groups excluding carboxylic acids is 10. The number of hydrogen-bond acceptors (Lipinski definition) is 18. The van der Waals surface area contributed by atoms with Crippen LogP contribution in [0.2, 0.25) is 20.1 Å². The number of carbonyl (C=O) groups is 10. The Kier molecular flexibility index (Phi) is 64.2. The van der Waals surface area contributed by atoms with E-state index >= 15 is 0 Å². The minimum absolute atomic E-state index is 0. The number of ketones is 5. The molecule has 0 saturated carbocycles. The SMILES string of the molecule is C=C(C)OCC.C=C(OCC)c1ccc(CC(CC(=O)c2ccc(OC(C)C)c(Cl)c2)C(=O)NC)cc1.C=O.CC(C)(C)C(=N)N.CNC(=O)C(CC(=O)c1ccc(OC(C)C)c(Cl)c1)Cc1ccc(Br)cc1.CNC(=O)C(CC(=O)c1ccc(OC(C)C)c(Cl)c1)Cc1ccc(C(=O)CBr)cc1.CNC(=O)C(CC(=O)c1ccc(OC(C)C)c(Cl)c1)Cc1ccc(C2=CN=C(C(C)(C)C)C2)cc1.Cl.[K][K]. The number of amides is 4. The summed E-state index contributed by atoms with van der Waals surface area (Å²) >= 11 is 34.1. The van der Waals surface area contributed by atoms with Gasteiger partial charge in [-0.2, -0.15) is 0 Å². The van der Waals surface area contributed by atoms with Crippen LogP contribution in [0, 0.1) is 39.9 Å². The first-order valence-electron chi connectivity index (χ1n) is 46.4. The number of allylic oxidation sites excluding steroid dienone is 2. The number of nitrogens with zero attached hydrogens (tertiary/aromatic N) is 1. The van der Waals surface area contributed by atoms with E-state index in [1.165, 1.54) is 74.4 Å². The quantitative estimate of drug-likeness (QED) is 0.00519. The predicted octanol–water partition coefficient (Wildman–Crippen LogP) is 23.8. The van der Waals surface area contributed by atoms with Crippen LogP contribution in [0.5, 0.6) is 23.0 Å². The van der Waals surface area contributed by atoms with E-state index in [-0.39, 0.29) is 137 Å². The molecule has 4 amide bonds. The molecule has 4 atom stereocenters. The van der Waals surface area contributed by atoms with Gasteiger partial charge in [0.1, 0.15) is 35.5 Å².